The molecule has 1 atom stereocenters. The average Bonchev–Trinajstić information content (AvgIpc) is 3.33. The highest BCUT2D eigenvalue weighted by atomic mass is 32.1. The SMILES string of the molecule is C=C1CC[C@H](N2Cc3cc(COc4ccc(CN5CCOCC5)cc4)sc3C2=O)C(=O)C1. The number of allylic oxidation sites excluding steroid dienone is 1. The van der Waals surface area contributed by atoms with Crippen molar-refractivity contribution in [3.63, 3.8) is 0 Å². The van der Waals surface area contributed by atoms with Crippen molar-refractivity contribution in [2.45, 2.75) is 45.0 Å². The van der Waals surface area contributed by atoms with E-state index >= 15 is 0 Å². The van der Waals surface area contributed by atoms with E-state index in [4.69, 9.17) is 9.47 Å². The van der Waals surface area contributed by atoms with Gasteiger partial charge in [0.05, 0.1) is 24.1 Å². The Bertz CT molecular complexity index is 1020. The van der Waals surface area contributed by atoms with Crippen LogP contribution >= 0.6 is 11.3 Å². The van der Waals surface area contributed by atoms with Gasteiger partial charge in [-0.3, -0.25) is 14.5 Å². The Balaban J connectivity index is 1.16. The Morgan fingerprint density at radius 2 is 1.94 bits per heavy atom. The van der Waals surface area contributed by atoms with Gasteiger partial charge in [-0.2, -0.15) is 0 Å². The van der Waals surface area contributed by atoms with Gasteiger partial charge in [-0.25, -0.2) is 0 Å². The Labute approximate surface area is 192 Å². The van der Waals surface area contributed by atoms with Crippen LogP contribution in [0.1, 0.15) is 44.9 Å². The van der Waals surface area contributed by atoms with Gasteiger partial charge in [0.1, 0.15) is 12.4 Å². The molecule has 168 valence electrons. The number of hydrogen-bond donors (Lipinski definition) is 0. The summed E-state index contributed by atoms with van der Waals surface area (Å²) in [6.07, 6.45) is 1.90. The predicted molar refractivity (Wildman–Crippen MR) is 123 cm³/mol. The molecule has 0 unspecified atom stereocenters. The Kier molecular flexibility index (Phi) is 6.13. The first-order chi connectivity index (χ1) is 15.6. The minimum atomic E-state index is -0.303. The number of ketones is 1. The Hall–Kier alpha value is -2.48. The van der Waals surface area contributed by atoms with E-state index in [1.54, 1.807) is 4.90 Å². The molecule has 0 bridgehead atoms. The van der Waals surface area contributed by atoms with Crippen LogP contribution in [0, 0.1) is 0 Å². The van der Waals surface area contributed by atoms with Gasteiger partial charge in [0.15, 0.2) is 5.78 Å². The maximum Gasteiger partial charge on any atom is 0.265 e. The lowest BCUT2D eigenvalue weighted by Crippen LogP contribution is -2.43. The second-order valence-electron chi connectivity index (χ2n) is 8.77. The van der Waals surface area contributed by atoms with Crippen LogP contribution in [0.25, 0.3) is 0 Å². The van der Waals surface area contributed by atoms with Crippen molar-refractivity contribution in [3.8, 4) is 5.75 Å². The van der Waals surface area contributed by atoms with Gasteiger partial charge in [-0.05, 0) is 42.2 Å². The third-order valence-electron chi connectivity index (χ3n) is 6.41. The lowest BCUT2D eigenvalue weighted by atomic mass is 9.90. The molecular formula is C25H28N2O4S. The van der Waals surface area contributed by atoms with Crippen molar-refractivity contribution in [3.05, 3.63) is 63.4 Å². The number of hydrogen-bond acceptors (Lipinski definition) is 6. The molecule has 1 aromatic heterocycles. The lowest BCUT2D eigenvalue weighted by molar-refractivity contribution is -0.124. The molecule has 2 aromatic rings. The van der Waals surface area contributed by atoms with E-state index in [-0.39, 0.29) is 17.7 Å². The largest absolute Gasteiger partial charge is 0.488 e. The summed E-state index contributed by atoms with van der Waals surface area (Å²) < 4.78 is 11.4. The number of morpholine rings is 1. The first kappa shape index (κ1) is 21.4. The van der Waals surface area contributed by atoms with Crippen molar-refractivity contribution in [2.24, 2.45) is 0 Å². The average molecular weight is 453 g/mol. The van der Waals surface area contributed by atoms with Gasteiger partial charge in [-0.1, -0.05) is 24.3 Å². The summed E-state index contributed by atoms with van der Waals surface area (Å²) in [6.45, 7) is 9.36. The van der Waals surface area contributed by atoms with Crippen LogP contribution in [0.4, 0.5) is 0 Å². The van der Waals surface area contributed by atoms with Crippen LogP contribution in [-0.4, -0.2) is 53.8 Å². The van der Waals surface area contributed by atoms with Gasteiger partial charge < -0.3 is 14.4 Å². The zero-order valence-electron chi connectivity index (χ0n) is 18.2. The van der Waals surface area contributed by atoms with Crippen LogP contribution in [-0.2, 0) is 29.2 Å². The lowest BCUT2D eigenvalue weighted by Gasteiger charge is -2.30. The van der Waals surface area contributed by atoms with E-state index in [9.17, 15) is 9.59 Å². The van der Waals surface area contributed by atoms with E-state index in [1.807, 2.05) is 12.1 Å². The van der Waals surface area contributed by atoms with Crippen molar-refractivity contribution in [2.75, 3.05) is 26.3 Å². The van der Waals surface area contributed by atoms with E-state index < -0.39 is 0 Å². The van der Waals surface area contributed by atoms with Gasteiger partial charge in [0, 0.05) is 37.5 Å². The third kappa shape index (κ3) is 4.51. The first-order valence-electron chi connectivity index (χ1n) is 11.2. The quantitative estimate of drug-likeness (QED) is 0.624. The molecule has 1 saturated heterocycles. The number of rotatable bonds is 6. The molecule has 32 heavy (non-hydrogen) atoms. The van der Waals surface area contributed by atoms with Gasteiger partial charge in [-0.15, -0.1) is 11.3 Å². The molecule has 6 nitrogen and oxygen atoms in total. The van der Waals surface area contributed by atoms with Crippen molar-refractivity contribution < 1.29 is 19.1 Å². The summed E-state index contributed by atoms with van der Waals surface area (Å²) in [5.74, 6) is 0.922. The fourth-order valence-corrected chi connectivity index (χ4v) is 5.68. The fourth-order valence-electron chi connectivity index (χ4n) is 4.64. The third-order valence-corrected chi connectivity index (χ3v) is 7.55. The molecule has 3 heterocycles. The number of nitrogens with zero attached hydrogens (tertiary/aromatic N) is 2. The standard InChI is InChI=1S/C25H28N2O4S/c1-17-2-7-22(23(28)12-17)27-15-19-13-21(32-24(19)25(27)29)16-31-20-5-3-18(4-6-20)14-26-8-10-30-11-9-26/h3-6,13,22H,1-2,7-12,14-16H2/t22-/m0/s1. The Morgan fingerprint density at radius 1 is 1.16 bits per heavy atom. The minimum absolute atomic E-state index is 0.0189. The molecule has 5 rings (SSSR count). The molecule has 3 aliphatic rings. The predicted octanol–water partition coefficient (Wildman–Crippen LogP) is 3.79. The van der Waals surface area contributed by atoms with Crippen molar-refractivity contribution in [1.82, 2.24) is 9.80 Å². The van der Waals surface area contributed by atoms with Gasteiger partial charge in [0.25, 0.3) is 5.91 Å². The molecular weight excluding hydrogens is 424 g/mol. The summed E-state index contributed by atoms with van der Waals surface area (Å²) in [5, 5.41) is 0. The number of carbonyl (C=O) groups excluding carboxylic acids is 2. The summed E-state index contributed by atoms with van der Waals surface area (Å²) in [4.78, 5) is 31.2. The molecule has 1 amide bonds. The van der Waals surface area contributed by atoms with Crippen LogP contribution in [0.15, 0.2) is 42.5 Å². The molecule has 2 fully saturated rings. The minimum Gasteiger partial charge on any atom is -0.488 e. The number of fused-ring (bicyclic) bond motifs is 1. The zero-order valence-corrected chi connectivity index (χ0v) is 19.0. The molecule has 0 N–H and O–H groups in total. The van der Waals surface area contributed by atoms with Crippen LogP contribution in [0.2, 0.25) is 0 Å². The van der Waals surface area contributed by atoms with Crippen LogP contribution in [0.5, 0.6) is 5.75 Å². The highest BCUT2D eigenvalue weighted by Gasteiger charge is 2.39. The summed E-state index contributed by atoms with van der Waals surface area (Å²) in [6, 6.07) is 9.98. The summed E-state index contributed by atoms with van der Waals surface area (Å²) >= 11 is 1.48. The van der Waals surface area contributed by atoms with Crippen molar-refractivity contribution >= 4 is 23.0 Å². The molecule has 0 spiro atoms. The maximum atomic E-state index is 12.9. The van der Waals surface area contributed by atoms with E-state index in [0.717, 1.165) is 65.9 Å². The molecule has 1 aliphatic carbocycles. The van der Waals surface area contributed by atoms with E-state index in [0.29, 0.717) is 26.0 Å². The highest BCUT2D eigenvalue weighted by molar-refractivity contribution is 7.14. The number of carbonyl (C=O) groups is 2. The molecule has 1 aromatic carbocycles. The van der Waals surface area contributed by atoms with E-state index in [1.165, 1.54) is 16.9 Å². The van der Waals surface area contributed by atoms with Gasteiger partial charge in [0.2, 0.25) is 0 Å². The maximum absolute atomic E-state index is 12.9. The monoisotopic (exact) mass is 452 g/mol. The van der Waals surface area contributed by atoms with Crippen molar-refractivity contribution in [1.29, 1.82) is 0 Å². The number of benzene rings is 1. The number of ether oxygens (including phenoxy) is 2. The van der Waals surface area contributed by atoms with E-state index in [2.05, 4.69) is 29.7 Å². The second kappa shape index (κ2) is 9.17. The number of Topliss-reactive ketones (excluding diaryl/α,β-unsaturated/α-hetero) is 1. The molecule has 1 saturated carbocycles. The summed E-state index contributed by atoms with van der Waals surface area (Å²) in [7, 11) is 0. The Morgan fingerprint density at radius 3 is 2.66 bits per heavy atom. The first-order valence-corrected chi connectivity index (χ1v) is 12.0. The number of thiophene rings is 1. The number of amides is 1. The topological polar surface area (TPSA) is 59.1 Å². The summed E-state index contributed by atoms with van der Waals surface area (Å²) in [5.41, 5.74) is 3.25. The normalized spacial score (nSPS) is 21.8. The van der Waals surface area contributed by atoms with Crippen LogP contribution in [0.3, 0.4) is 0 Å². The van der Waals surface area contributed by atoms with Gasteiger partial charge >= 0.3 is 0 Å². The van der Waals surface area contributed by atoms with Crippen LogP contribution < -0.4 is 4.74 Å². The smallest absolute Gasteiger partial charge is 0.265 e. The molecule has 7 heteroatoms. The second-order valence-corrected chi connectivity index (χ2v) is 9.91. The fraction of sp³-hybridized carbons (Fsp3) is 0.440. The molecule has 0 radical (unpaired) electrons. The zero-order chi connectivity index (χ0) is 22.1. The highest BCUT2D eigenvalue weighted by Crippen LogP contribution is 2.35. The molecule has 2 aliphatic heterocycles.